The fraction of sp³-hybridized carbons (Fsp3) is 0.333. The third-order valence-corrected chi connectivity index (χ3v) is 2.04. The molecule has 1 rings (SSSR count). The van der Waals surface area contributed by atoms with Gasteiger partial charge in [0, 0.05) is 4.47 Å². The number of hydrogen-bond donors (Lipinski definition) is 0. The molecular weight excluding hydrogens is 261 g/mol. The van der Waals surface area contributed by atoms with E-state index in [4.69, 9.17) is 4.74 Å². The highest BCUT2D eigenvalue weighted by Gasteiger charge is 2.34. The van der Waals surface area contributed by atoms with Crippen LogP contribution in [0.4, 0.5) is 13.2 Å². The van der Waals surface area contributed by atoms with Crippen molar-refractivity contribution in [2.45, 2.75) is 13.1 Å². The van der Waals surface area contributed by atoms with E-state index in [9.17, 15) is 13.2 Å². The van der Waals surface area contributed by atoms with Gasteiger partial charge in [0.15, 0.2) is 0 Å². The zero-order valence-corrected chi connectivity index (χ0v) is 8.95. The quantitative estimate of drug-likeness (QED) is 0.792. The molecule has 1 aromatic rings. The van der Waals surface area contributed by atoms with Crippen LogP contribution in [-0.4, -0.2) is 6.61 Å². The Morgan fingerprint density at radius 3 is 2.50 bits per heavy atom. The summed E-state index contributed by atoms with van der Waals surface area (Å²) in [6.07, 6.45) is -4.37. The Morgan fingerprint density at radius 1 is 1.36 bits per heavy atom. The van der Waals surface area contributed by atoms with Crippen LogP contribution in [0, 0.1) is 0 Å². The number of benzene rings is 1. The highest BCUT2D eigenvalue weighted by Crippen LogP contribution is 2.37. The van der Waals surface area contributed by atoms with E-state index in [0.29, 0.717) is 4.47 Å². The van der Waals surface area contributed by atoms with Gasteiger partial charge in [0.05, 0.1) is 12.2 Å². The zero-order chi connectivity index (χ0) is 10.8. The summed E-state index contributed by atoms with van der Waals surface area (Å²) in [5.74, 6) is -0.144. The van der Waals surface area contributed by atoms with Crippen LogP contribution in [0.5, 0.6) is 5.75 Å². The summed E-state index contributed by atoms with van der Waals surface area (Å²) in [5, 5.41) is 0. The Kier molecular flexibility index (Phi) is 3.42. The monoisotopic (exact) mass is 268 g/mol. The van der Waals surface area contributed by atoms with Crippen molar-refractivity contribution < 1.29 is 17.9 Å². The molecule has 0 bridgehead atoms. The Labute approximate surface area is 88.0 Å². The Balaban J connectivity index is 3.15. The third-order valence-electron chi connectivity index (χ3n) is 1.55. The lowest BCUT2D eigenvalue weighted by Crippen LogP contribution is -2.08. The molecule has 0 radical (unpaired) electrons. The minimum Gasteiger partial charge on any atom is -0.493 e. The molecule has 0 saturated heterocycles. The molecule has 0 atom stereocenters. The van der Waals surface area contributed by atoms with Crippen molar-refractivity contribution in [1.29, 1.82) is 0 Å². The van der Waals surface area contributed by atoms with Gasteiger partial charge in [-0.05, 0) is 25.1 Å². The van der Waals surface area contributed by atoms with Gasteiger partial charge < -0.3 is 4.74 Å². The molecule has 0 saturated carbocycles. The first-order chi connectivity index (χ1) is 6.45. The van der Waals surface area contributed by atoms with E-state index in [1.54, 1.807) is 6.92 Å². The minimum absolute atomic E-state index is 0.144. The average molecular weight is 269 g/mol. The Hall–Kier alpha value is -0.710. The summed E-state index contributed by atoms with van der Waals surface area (Å²) in [5.41, 5.74) is -0.748. The normalized spacial score (nSPS) is 11.5. The molecule has 78 valence electrons. The van der Waals surface area contributed by atoms with Gasteiger partial charge in [-0.1, -0.05) is 15.9 Å². The van der Waals surface area contributed by atoms with Crippen LogP contribution in [0.25, 0.3) is 0 Å². The topological polar surface area (TPSA) is 9.23 Å². The molecule has 0 aliphatic carbocycles. The van der Waals surface area contributed by atoms with Crippen molar-refractivity contribution in [2.24, 2.45) is 0 Å². The number of ether oxygens (including phenoxy) is 1. The zero-order valence-electron chi connectivity index (χ0n) is 7.36. The standard InChI is InChI=1S/C9H8BrF3O/c1-2-14-8-5-6(10)3-4-7(8)9(11,12)13/h3-5H,2H2,1H3. The summed E-state index contributed by atoms with van der Waals surface area (Å²) >= 11 is 3.09. The van der Waals surface area contributed by atoms with Crippen molar-refractivity contribution in [1.82, 2.24) is 0 Å². The van der Waals surface area contributed by atoms with Crippen molar-refractivity contribution in [3.8, 4) is 5.75 Å². The van der Waals surface area contributed by atoms with Gasteiger partial charge in [-0.2, -0.15) is 13.2 Å². The lowest BCUT2D eigenvalue weighted by molar-refractivity contribution is -0.138. The highest BCUT2D eigenvalue weighted by atomic mass is 79.9. The number of alkyl halides is 3. The van der Waals surface area contributed by atoms with Crippen LogP contribution in [0.1, 0.15) is 12.5 Å². The van der Waals surface area contributed by atoms with Gasteiger partial charge in [-0.25, -0.2) is 0 Å². The summed E-state index contributed by atoms with van der Waals surface area (Å²) < 4.78 is 42.7. The van der Waals surface area contributed by atoms with Gasteiger partial charge >= 0.3 is 6.18 Å². The lowest BCUT2D eigenvalue weighted by atomic mass is 10.2. The maximum absolute atomic E-state index is 12.4. The third kappa shape index (κ3) is 2.64. The Bertz CT molecular complexity index is 322. The van der Waals surface area contributed by atoms with Gasteiger partial charge in [-0.3, -0.25) is 0 Å². The van der Waals surface area contributed by atoms with E-state index >= 15 is 0 Å². The van der Waals surface area contributed by atoms with E-state index < -0.39 is 11.7 Å². The van der Waals surface area contributed by atoms with E-state index in [1.807, 2.05) is 0 Å². The van der Waals surface area contributed by atoms with Gasteiger partial charge in [0.2, 0.25) is 0 Å². The first-order valence-corrected chi connectivity index (χ1v) is 4.74. The van der Waals surface area contributed by atoms with Crippen LogP contribution >= 0.6 is 15.9 Å². The summed E-state index contributed by atoms with van der Waals surface area (Å²) in [6.45, 7) is 1.85. The molecule has 0 fully saturated rings. The van der Waals surface area contributed by atoms with Crippen LogP contribution in [0.15, 0.2) is 22.7 Å². The maximum atomic E-state index is 12.4. The van der Waals surface area contributed by atoms with Crippen LogP contribution in [0.3, 0.4) is 0 Å². The van der Waals surface area contributed by atoms with Gasteiger partial charge in [0.25, 0.3) is 0 Å². The second-order valence-corrected chi connectivity index (χ2v) is 3.49. The number of rotatable bonds is 2. The van der Waals surface area contributed by atoms with Crippen molar-refractivity contribution in [3.05, 3.63) is 28.2 Å². The maximum Gasteiger partial charge on any atom is 0.419 e. The van der Waals surface area contributed by atoms with Crippen molar-refractivity contribution in [3.63, 3.8) is 0 Å². The minimum atomic E-state index is -4.37. The van der Waals surface area contributed by atoms with Crippen LogP contribution in [0.2, 0.25) is 0 Å². The molecule has 0 unspecified atom stereocenters. The molecule has 0 aliphatic rings. The van der Waals surface area contributed by atoms with E-state index in [-0.39, 0.29) is 12.4 Å². The molecule has 0 aromatic heterocycles. The van der Waals surface area contributed by atoms with Gasteiger partial charge in [0.1, 0.15) is 5.75 Å². The predicted molar refractivity (Wildman–Crippen MR) is 50.3 cm³/mol. The van der Waals surface area contributed by atoms with Crippen LogP contribution < -0.4 is 4.74 Å². The Morgan fingerprint density at radius 2 is 2.00 bits per heavy atom. The van der Waals surface area contributed by atoms with Crippen molar-refractivity contribution >= 4 is 15.9 Å². The molecule has 0 heterocycles. The largest absolute Gasteiger partial charge is 0.493 e. The van der Waals surface area contributed by atoms with Crippen molar-refractivity contribution in [2.75, 3.05) is 6.61 Å². The van der Waals surface area contributed by atoms with Crippen LogP contribution in [-0.2, 0) is 6.18 Å². The molecule has 14 heavy (non-hydrogen) atoms. The highest BCUT2D eigenvalue weighted by molar-refractivity contribution is 9.10. The predicted octanol–water partition coefficient (Wildman–Crippen LogP) is 3.87. The number of hydrogen-bond acceptors (Lipinski definition) is 1. The molecule has 0 N–H and O–H groups in total. The lowest BCUT2D eigenvalue weighted by Gasteiger charge is -2.12. The molecule has 0 amide bonds. The summed E-state index contributed by atoms with van der Waals surface area (Å²) in [7, 11) is 0. The molecule has 5 heteroatoms. The fourth-order valence-corrected chi connectivity index (χ4v) is 1.35. The second kappa shape index (κ2) is 4.21. The SMILES string of the molecule is CCOc1cc(Br)ccc1C(F)(F)F. The van der Waals surface area contributed by atoms with E-state index in [1.165, 1.54) is 12.1 Å². The van der Waals surface area contributed by atoms with Gasteiger partial charge in [-0.15, -0.1) is 0 Å². The second-order valence-electron chi connectivity index (χ2n) is 2.57. The molecule has 1 aromatic carbocycles. The average Bonchev–Trinajstić information content (AvgIpc) is 2.02. The smallest absolute Gasteiger partial charge is 0.419 e. The molecule has 1 nitrogen and oxygen atoms in total. The fourth-order valence-electron chi connectivity index (χ4n) is 1.01. The van der Waals surface area contributed by atoms with E-state index in [0.717, 1.165) is 6.07 Å². The molecule has 0 spiro atoms. The summed E-state index contributed by atoms with van der Waals surface area (Å²) in [4.78, 5) is 0. The first-order valence-electron chi connectivity index (χ1n) is 3.94. The summed E-state index contributed by atoms with van der Waals surface area (Å²) in [6, 6.07) is 3.65. The number of halogens is 4. The molecular formula is C9H8BrF3O. The first kappa shape index (κ1) is 11.4. The van der Waals surface area contributed by atoms with E-state index in [2.05, 4.69) is 15.9 Å². The molecule has 0 aliphatic heterocycles.